The van der Waals surface area contributed by atoms with Crippen molar-refractivity contribution in [2.45, 2.75) is 58.5 Å². The summed E-state index contributed by atoms with van der Waals surface area (Å²) in [4.78, 5) is 27.2. The lowest BCUT2D eigenvalue weighted by Crippen LogP contribution is -2.44. The van der Waals surface area contributed by atoms with Crippen LogP contribution >= 0.6 is 11.6 Å². The number of benzene rings is 1. The molecule has 0 radical (unpaired) electrons. The van der Waals surface area contributed by atoms with Crippen LogP contribution in [0.5, 0.6) is 0 Å². The van der Waals surface area contributed by atoms with E-state index < -0.39 is 11.7 Å². The molecule has 1 aliphatic carbocycles. The van der Waals surface area contributed by atoms with E-state index in [0.717, 1.165) is 24.0 Å². The molecule has 0 atom stereocenters. The highest BCUT2D eigenvalue weighted by atomic mass is 35.5. The number of carbonyl (C=O) groups is 2. The fourth-order valence-corrected chi connectivity index (χ4v) is 3.76. The second kappa shape index (κ2) is 8.19. The molecule has 156 valence electrons. The first-order chi connectivity index (χ1) is 13.6. The molecule has 0 aromatic heterocycles. The molecule has 0 bridgehead atoms. The molecule has 0 saturated heterocycles. The largest absolute Gasteiger partial charge is 0.444 e. The van der Waals surface area contributed by atoms with Crippen LogP contribution in [0.1, 0.15) is 68.8 Å². The summed E-state index contributed by atoms with van der Waals surface area (Å²) in [5, 5.41) is 11.4. The Kier molecular flexibility index (Phi) is 6.03. The van der Waals surface area contributed by atoms with Crippen molar-refractivity contribution in [2.24, 2.45) is 0 Å². The van der Waals surface area contributed by atoms with Crippen LogP contribution in [-0.4, -0.2) is 41.3 Å². The highest BCUT2D eigenvalue weighted by Gasteiger charge is 2.32. The molecule has 29 heavy (non-hydrogen) atoms. The first-order valence-corrected chi connectivity index (χ1v) is 10.3. The second-order valence-electron chi connectivity index (χ2n) is 8.67. The van der Waals surface area contributed by atoms with E-state index in [1.54, 1.807) is 17.9 Å². The zero-order valence-corrected chi connectivity index (χ0v) is 18.2. The van der Waals surface area contributed by atoms with Crippen LogP contribution in [0.4, 0.5) is 4.79 Å². The van der Waals surface area contributed by atoms with Crippen molar-refractivity contribution in [3.8, 4) is 0 Å². The van der Waals surface area contributed by atoms with Crippen LogP contribution in [0, 0.1) is 5.41 Å². The van der Waals surface area contributed by atoms with Gasteiger partial charge in [-0.3, -0.25) is 4.79 Å². The number of ether oxygens (including phenoxy) is 1. The summed E-state index contributed by atoms with van der Waals surface area (Å²) in [7, 11) is 0. The van der Waals surface area contributed by atoms with Gasteiger partial charge in [0, 0.05) is 18.0 Å². The number of rotatable bonds is 4. The van der Waals surface area contributed by atoms with Gasteiger partial charge in [-0.1, -0.05) is 23.7 Å². The second-order valence-corrected chi connectivity index (χ2v) is 9.07. The molecule has 1 heterocycles. The molecule has 0 spiro atoms. The molecule has 1 aliphatic heterocycles. The Balaban J connectivity index is 1.84. The number of nitrogens with zero attached hydrogens (tertiary/aromatic N) is 1. The van der Waals surface area contributed by atoms with E-state index in [9.17, 15) is 9.59 Å². The monoisotopic (exact) mass is 417 g/mol. The topological polar surface area (TPSA) is 82.5 Å². The van der Waals surface area contributed by atoms with Crippen molar-refractivity contribution < 1.29 is 14.3 Å². The molecule has 7 heteroatoms. The quantitative estimate of drug-likeness (QED) is 0.684. The first kappa shape index (κ1) is 21.4. The Morgan fingerprint density at radius 3 is 2.55 bits per heavy atom. The van der Waals surface area contributed by atoms with Gasteiger partial charge in [-0.25, -0.2) is 4.79 Å². The maximum atomic E-state index is 13.1. The van der Waals surface area contributed by atoms with Crippen LogP contribution in [0.25, 0.3) is 0 Å². The smallest absolute Gasteiger partial charge is 0.410 e. The van der Waals surface area contributed by atoms with E-state index in [1.165, 1.54) is 0 Å². The summed E-state index contributed by atoms with van der Waals surface area (Å²) < 4.78 is 5.47. The zero-order chi connectivity index (χ0) is 21.3. The van der Waals surface area contributed by atoms with Crippen molar-refractivity contribution in [2.75, 3.05) is 13.1 Å². The van der Waals surface area contributed by atoms with E-state index >= 15 is 0 Å². The van der Waals surface area contributed by atoms with E-state index in [0.29, 0.717) is 40.9 Å². The first-order valence-electron chi connectivity index (χ1n) is 9.92. The Labute approximate surface area is 176 Å². The summed E-state index contributed by atoms with van der Waals surface area (Å²) in [5.74, 6) is 0.0780. The highest BCUT2D eigenvalue weighted by Crippen LogP contribution is 2.43. The lowest BCUT2D eigenvalue weighted by molar-refractivity contribution is 0.0256. The number of halogens is 1. The van der Waals surface area contributed by atoms with Crippen LogP contribution in [0.15, 0.2) is 29.5 Å². The number of carbonyl (C=O) groups excluding carboxylic acids is 2. The van der Waals surface area contributed by atoms with Gasteiger partial charge in [0.05, 0.1) is 17.1 Å². The maximum absolute atomic E-state index is 13.1. The summed E-state index contributed by atoms with van der Waals surface area (Å²) in [6, 6.07) is 5.53. The summed E-state index contributed by atoms with van der Waals surface area (Å²) >= 11 is 6.36. The lowest BCUT2D eigenvalue weighted by Gasteiger charge is -2.32. The minimum atomic E-state index is -0.599. The van der Waals surface area contributed by atoms with E-state index in [1.807, 2.05) is 32.9 Å². The average Bonchev–Trinajstić information content (AvgIpc) is 3.44. The van der Waals surface area contributed by atoms with Crippen LogP contribution < -0.4 is 5.32 Å². The Hall–Kier alpha value is -2.34. The average molecular weight is 418 g/mol. The molecule has 2 aliphatic rings. The van der Waals surface area contributed by atoms with Crippen molar-refractivity contribution in [3.05, 3.63) is 45.6 Å². The minimum Gasteiger partial charge on any atom is -0.444 e. The summed E-state index contributed by atoms with van der Waals surface area (Å²) in [6.07, 6.45) is 2.17. The number of hydrogen-bond donors (Lipinski definition) is 2. The number of hydrogen-bond acceptors (Lipinski definition) is 4. The SMILES string of the molecule is CC(=N)C1=C(NC(=O)c2c(Cl)cccc2C2CC2)CN(C(=O)OC(C)(C)C)CC1. The van der Waals surface area contributed by atoms with Crippen molar-refractivity contribution >= 4 is 29.3 Å². The zero-order valence-electron chi connectivity index (χ0n) is 17.4. The van der Waals surface area contributed by atoms with Gasteiger partial charge in [0.15, 0.2) is 0 Å². The number of amides is 2. The van der Waals surface area contributed by atoms with Crippen LogP contribution in [-0.2, 0) is 4.74 Å². The van der Waals surface area contributed by atoms with Crippen molar-refractivity contribution in [1.82, 2.24) is 10.2 Å². The molecule has 1 aromatic carbocycles. The third kappa shape index (κ3) is 5.18. The third-order valence-electron chi connectivity index (χ3n) is 5.00. The highest BCUT2D eigenvalue weighted by molar-refractivity contribution is 6.34. The molecular formula is C22H28ClN3O3. The fraction of sp³-hybridized carbons (Fsp3) is 0.500. The third-order valence-corrected chi connectivity index (χ3v) is 5.32. The van der Waals surface area contributed by atoms with Gasteiger partial charge in [0.25, 0.3) is 5.91 Å². The van der Waals surface area contributed by atoms with Gasteiger partial charge in [-0.15, -0.1) is 0 Å². The standard InChI is InChI=1S/C22H28ClN3O3/c1-13(24)15-10-11-26(21(28)29-22(2,3)4)12-18(15)25-20(27)19-16(14-8-9-14)6-5-7-17(19)23/h5-7,14,24H,8-12H2,1-4H3,(H,25,27). The summed E-state index contributed by atoms with van der Waals surface area (Å²) in [6.45, 7) is 7.77. The molecule has 1 saturated carbocycles. The molecule has 3 rings (SSSR count). The molecule has 2 amide bonds. The maximum Gasteiger partial charge on any atom is 0.410 e. The van der Waals surface area contributed by atoms with E-state index in [2.05, 4.69) is 5.32 Å². The molecule has 2 N–H and O–H groups in total. The summed E-state index contributed by atoms with van der Waals surface area (Å²) in [5.41, 5.74) is 2.54. The molecular weight excluding hydrogens is 390 g/mol. The molecule has 0 unspecified atom stereocenters. The minimum absolute atomic E-state index is 0.190. The molecule has 1 fully saturated rings. The van der Waals surface area contributed by atoms with E-state index in [4.69, 9.17) is 21.7 Å². The van der Waals surface area contributed by atoms with Gasteiger partial charge >= 0.3 is 6.09 Å². The van der Waals surface area contributed by atoms with Crippen molar-refractivity contribution in [3.63, 3.8) is 0 Å². The Morgan fingerprint density at radius 2 is 1.97 bits per heavy atom. The molecule has 1 aromatic rings. The fourth-order valence-electron chi connectivity index (χ4n) is 3.49. The van der Waals surface area contributed by atoms with Gasteiger partial charge in [0.2, 0.25) is 0 Å². The van der Waals surface area contributed by atoms with Gasteiger partial charge in [0.1, 0.15) is 5.60 Å². The predicted octanol–water partition coefficient (Wildman–Crippen LogP) is 4.88. The van der Waals surface area contributed by atoms with Gasteiger partial charge in [-0.2, -0.15) is 0 Å². The lowest BCUT2D eigenvalue weighted by atomic mass is 9.99. The predicted molar refractivity (Wildman–Crippen MR) is 114 cm³/mol. The number of nitrogens with one attached hydrogen (secondary N) is 2. The van der Waals surface area contributed by atoms with Gasteiger partial charge < -0.3 is 20.4 Å². The van der Waals surface area contributed by atoms with Crippen LogP contribution in [0.3, 0.4) is 0 Å². The van der Waals surface area contributed by atoms with Gasteiger partial charge in [-0.05, 0) is 70.1 Å². The van der Waals surface area contributed by atoms with E-state index in [-0.39, 0.29) is 12.5 Å². The van der Waals surface area contributed by atoms with Crippen LogP contribution in [0.2, 0.25) is 5.02 Å². The normalized spacial score (nSPS) is 17.2. The Morgan fingerprint density at radius 1 is 1.28 bits per heavy atom. The van der Waals surface area contributed by atoms with Crippen molar-refractivity contribution in [1.29, 1.82) is 5.41 Å². The molecule has 6 nitrogen and oxygen atoms in total. The Bertz CT molecular complexity index is 882.